The van der Waals surface area contributed by atoms with Crippen molar-refractivity contribution in [2.45, 2.75) is 71.5 Å². The number of imidazole rings is 1. The smallest absolute Gasteiger partial charge is 0.0948 e. The van der Waals surface area contributed by atoms with E-state index in [2.05, 4.69) is 35.2 Å². The Bertz CT molecular complexity index is 407. The number of hydrogen-bond acceptors (Lipinski definition) is 3. The topological polar surface area (TPSA) is 47.1 Å². The first-order valence-electron chi connectivity index (χ1n) is 8.63. The highest BCUT2D eigenvalue weighted by molar-refractivity contribution is 5.07. The van der Waals surface area contributed by atoms with E-state index in [4.69, 9.17) is 5.73 Å². The lowest BCUT2D eigenvalue weighted by Crippen LogP contribution is -2.42. The van der Waals surface area contributed by atoms with Crippen molar-refractivity contribution in [3.63, 3.8) is 0 Å². The molecule has 1 heterocycles. The van der Waals surface area contributed by atoms with Crippen molar-refractivity contribution in [2.75, 3.05) is 13.1 Å². The third kappa shape index (κ3) is 4.07. The van der Waals surface area contributed by atoms with Gasteiger partial charge in [0, 0.05) is 25.3 Å². The zero-order valence-corrected chi connectivity index (χ0v) is 14.0. The van der Waals surface area contributed by atoms with Crippen LogP contribution in [0.3, 0.4) is 0 Å². The van der Waals surface area contributed by atoms with Crippen molar-refractivity contribution >= 4 is 0 Å². The first-order valence-corrected chi connectivity index (χ1v) is 8.63. The molecule has 2 N–H and O–H groups in total. The van der Waals surface area contributed by atoms with E-state index in [0.29, 0.717) is 18.6 Å². The van der Waals surface area contributed by atoms with Gasteiger partial charge in [-0.1, -0.05) is 26.7 Å². The molecule has 1 saturated carbocycles. The number of nitrogens with zero attached hydrogens (tertiary/aromatic N) is 3. The molecule has 0 spiro atoms. The number of nitrogens with two attached hydrogens (primary N) is 1. The van der Waals surface area contributed by atoms with E-state index < -0.39 is 0 Å². The molecule has 2 rings (SSSR count). The molecule has 0 saturated heterocycles. The van der Waals surface area contributed by atoms with Crippen molar-refractivity contribution in [2.24, 2.45) is 11.7 Å². The summed E-state index contributed by atoms with van der Waals surface area (Å²) in [6.45, 7) is 9.59. The molecule has 1 aliphatic rings. The Morgan fingerprint density at radius 3 is 2.67 bits per heavy atom. The zero-order valence-electron chi connectivity index (χ0n) is 14.0. The van der Waals surface area contributed by atoms with Gasteiger partial charge in [-0.3, -0.25) is 4.90 Å². The predicted molar refractivity (Wildman–Crippen MR) is 88.1 cm³/mol. The third-order valence-electron chi connectivity index (χ3n) is 4.81. The van der Waals surface area contributed by atoms with Gasteiger partial charge in [-0.2, -0.15) is 0 Å². The number of rotatable bonds is 8. The quantitative estimate of drug-likeness (QED) is 0.800. The van der Waals surface area contributed by atoms with Gasteiger partial charge in [-0.15, -0.1) is 0 Å². The Labute approximate surface area is 129 Å². The van der Waals surface area contributed by atoms with Crippen molar-refractivity contribution in [1.29, 1.82) is 0 Å². The summed E-state index contributed by atoms with van der Waals surface area (Å²) in [6.07, 6.45) is 10.6. The Hall–Kier alpha value is -0.870. The second-order valence-corrected chi connectivity index (χ2v) is 6.71. The van der Waals surface area contributed by atoms with Crippen LogP contribution < -0.4 is 5.73 Å². The van der Waals surface area contributed by atoms with Crippen molar-refractivity contribution < 1.29 is 0 Å². The van der Waals surface area contributed by atoms with Gasteiger partial charge in [0.05, 0.1) is 18.1 Å². The average molecular weight is 292 g/mol. The summed E-state index contributed by atoms with van der Waals surface area (Å²) in [4.78, 5) is 7.02. The Morgan fingerprint density at radius 2 is 2.10 bits per heavy atom. The van der Waals surface area contributed by atoms with Crippen LogP contribution in [0, 0.1) is 5.92 Å². The maximum absolute atomic E-state index is 6.18. The second kappa shape index (κ2) is 7.95. The van der Waals surface area contributed by atoms with Crippen molar-refractivity contribution in [3.8, 4) is 0 Å². The summed E-state index contributed by atoms with van der Waals surface area (Å²) < 4.78 is 2.24. The largest absolute Gasteiger partial charge is 0.333 e. The summed E-state index contributed by atoms with van der Waals surface area (Å²) >= 11 is 0. The molecule has 1 unspecified atom stereocenters. The van der Waals surface area contributed by atoms with Gasteiger partial charge in [0.2, 0.25) is 0 Å². The highest BCUT2D eigenvalue weighted by Gasteiger charge is 2.30. The van der Waals surface area contributed by atoms with Gasteiger partial charge < -0.3 is 10.3 Å². The highest BCUT2D eigenvalue weighted by atomic mass is 15.2. The van der Waals surface area contributed by atoms with Crippen LogP contribution in [0.25, 0.3) is 0 Å². The molecule has 4 nitrogen and oxygen atoms in total. The lowest BCUT2D eigenvalue weighted by Gasteiger charge is -2.36. The first-order chi connectivity index (χ1) is 10.2. The maximum Gasteiger partial charge on any atom is 0.0948 e. The molecule has 1 aromatic rings. The molecule has 0 aliphatic heterocycles. The minimum Gasteiger partial charge on any atom is -0.333 e. The van der Waals surface area contributed by atoms with Gasteiger partial charge in [-0.05, 0) is 38.6 Å². The van der Waals surface area contributed by atoms with Crippen LogP contribution >= 0.6 is 0 Å². The van der Waals surface area contributed by atoms with Gasteiger partial charge in [-0.25, -0.2) is 4.98 Å². The van der Waals surface area contributed by atoms with Gasteiger partial charge in [0.25, 0.3) is 0 Å². The molecule has 1 aliphatic carbocycles. The first kappa shape index (κ1) is 16.5. The summed E-state index contributed by atoms with van der Waals surface area (Å²) in [5, 5.41) is 0. The fraction of sp³-hybridized carbons (Fsp3) is 0.824. The fourth-order valence-corrected chi connectivity index (χ4v) is 3.53. The van der Waals surface area contributed by atoms with Crippen LogP contribution in [0.15, 0.2) is 12.5 Å². The van der Waals surface area contributed by atoms with Crippen LogP contribution in [0.5, 0.6) is 0 Å². The lowest BCUT2D eigenvalue weighted by molar-refractivity contribution is 0.126. The van der Waals surface area contributed by atoms with E-state index in [1.165, 1.54) is 37.8 Å². The van der Waals surface area contributed by atoms with E-state index in [9.17, 15) is 0 Å². The van der Waals surface area contributed by atoms with Gasteiger partial charge in [0.1, 0.15) is 0 Å². The number of aryl methyl sites for hydroxylation is 1. The molecule has 0 bridgehead atoms. The number of hydrogen-bond donors (Lipinski definition) is 1. The summed E-state index contributed by atoms with van der Waals surface area (Å²) in [6, 6.07) is 1.02. The van der Waals surface area contributed by atoms with Crippen molar-refractivity contribution in [1.82, 2.24) is 14.5 Å². The van der Waals surface area contributed by atoms with Crippen LogP contribution in [0.4, 0.5) is 0 Å². The normalized spacial score (nSPS) is 18.0. The minimum absolute atomic E-state index is 0.314. The fourth-order valence-electron chi connectivity index (χ4n) is 3.53. The Kier molecular flexibility index (Phi) is 6.24. The van der Waals surface area contributed by atoms with Crippen LogP contribution in [0.2, 0.25) is 0 Å². The molecule has 0 amide bonds. The number of aromatic nitrogens is 2. The summed E-state index contributed by atoms with van der Waals surface area (Å²) in [7, 11) is 0. The summed E-state index contributed by atoms with van der Waals surface area (Å²) in [5.41, 5.74) is 7.47. The minimum atomic E-state index is 0.314. The van der Waals surface area contributed by atoms with E-state index in [1.54, 1.807) is 0 Å². The molecule has 120 valence electrons. The van der Waals surface area contributed by atoms with E-state index in [0.717, 1.165) is 19.0 Å². The zero-order chi connectivity index (χ0) is 15.2. The molecular formula is C17H32N4. The molecule has 21 heavy (non-hydrogen) atoms. The molecular weight excluding hydrogens is 260 g/mol. The molecule has 1 atom stereocenters. The standard InChI is InChI=1S/C17H32N4/c1-4-20-13-19-12-17(20)16(11-18)21(10-9-14(2)3)15-7-5-6-8-15/h12-16H,4-11,18H2,1-3H3. The molecule has 1 aromatic heterocycles. The third-order valence-corrected chi connectivity index (χ3v) is 4.81. The van der Waals surface area contributed by atoms with Crippen molar-refractivity contribution in [3.05, 3.63) is 18.2 Å². The van der Waals surface area contributed by atoms with E-state index in [1.807, 2.05) is 12.5 Å². The molecule has 0 aromatic carbocycles. The molecule has 4 heteroatoms. The highest BCUT2D eigenvalue weighted by Crippen LogP contribution is 2.31. The molecule has 0 radical (unpaired) electrons. The monoisotopic (exact) mass is 292 g/mol. The average Bonchev–Trinajstić information content (AvgIpc) is 3.13. The lowest BCUT2D eigenvalue weighted by atomic mass is 10.0. The van der Waals surface area contributed by atoms with Gasteiger partial charge >= 0.3 is 0 Å². The van der Waals surface area contributed by atoms with Crippen LogP contribution in [0.1, 0.15) is 64.6 Å². The van der Waals surface area contributed by atoms with E-state index in [-0.39, 0.29) is 0 Å². The Balaban J connectivity index is 2.18. The SMILES string of the molecule is CCn1cncc1C(CN)N(CCC(C)C)C1CCCC1. The predicted octanol–water partition coefficient (Wildman–Crippen LogP) is 3.19. The van der Waals surface area contributed by atoms with Crippen LogP contribution in [-0.4, -0.2) is 33.6 Å². The second-order valence-electron chi connectivity index (χ2n) is 6.71. The Morgan fingerprint density at radius 1 is 1.38 bits per heavy atom. The molecule has 1 fully saturated rings. The van der Waals surface area contributed by atoms with Gasteiger partial charge in [0.15, 0.2) is 0 Å². The van der Waals surface area contributed by atoms with E-state index >= 15 is 0 Å². The maximum atomic E-state index is 6.18. The summed E-state index contributed by atoms with van der Waals surface area (Å²) in [5.74, 6) is 0.739. The van der Waals surface area contributed by atoms with Crippen LogP contribution in [-0.2, 0) is 6.54 Å².